The Bertz CT molecular complexity index is 599. The minimum absolute atomic E-state index is 0.110. The highest BCUT2D eigenvalue weighted by Crippen LogP contribution is 2.45. The highest BCUT2D eigenvalue weighted by atomic mass is 16.2. The second-order valence-electron chi connectivity index (χ2n) is 7.93. The first kappa shape index (κ1) is 16.9. The van der Waals surface area contributed by atoms with Gasteiger partial charge in [-0.25, -0.2) is 0 Å². The van der Waals surface area contributed by atoms with Gasteiger partial charge < -0.3 is 15.5 Å². The van der Waals surface area contributed by atoms with Crippen molar-refractivity contribution in [2.45, 2.75) is 19.3 Å². The molecular weight excluding hydrogens is 312 g/mol. The summed E-state index contributed by atoms with van der Waals surface area (Å²) in [4.78, 5) is 19.7. The Kier molecular flexibility index (Phi) is 4.95. The van der Waals surface area contributed by atoms with Crippen molar-refractivity contribution in [2.24, 2.45) is 11.8 Å². The number of rotatable bonds is 4. The molecule has 1 saturated carbocycles. The van der Waals surface area contributed by atoms with Gasteiger partial charge in [-0.05, 0) is 62.4 Å². The molecule has 0 bridgehead atoms. The number of hydrogen-bond acceptors (Lipinski definition) is 4. The molecule has 2 atom stereocenters. The van der Waals surface area contributed by atoms with Crippen LogP contribution in [0.5, 0.6) is 0 Å². The number of carbonyl (C=O) groups is 1. The molecule has 2 saturated heterocycles. The SMILES string of the molecule is Nc1cccc(C(=O)N2CCN(CCN3CCC4CC4CC3)CC2)c1. The summed E-state index contributed by atoms with van der Waals surface area (Å²) in [7, 11) is 0. The Labute approximate surface area is 150 Å². The lowest BCUT2D eigenvalue weighted by Crippen LogP contribution is -2.50. The number of carbonyl (C=O) groups excluding carboxylic acids is 1. The molecule has 1 aromatic carbocycles. The van der Waals surface area contributed by atoms with E-state index in [-0.39, 0.29) is 5.91 Å². The van der Waals surface area contributed by atoms with Crippen LogP contribution in [0, 0.1) is 11.8 Å². The number of benzene rings is 1. The van der Waals surface area contributed by atoms with Crippen LogP contribution in [0.4, 0.5) is 5.69 Å². The molecule has 0 radical (unpaired) electrons. The summed E-state index contributed by atoms with van der Waals surface area (Å²) in [5.41, 5.74) is 7.15. The molecule has 25 heavy (non-hydrogen) atoms. The summed E-state index contributed by atoms with van der Waals surface area (Å²) in [5, 5.41) is 0. The van der Waals surface area contributed by atoms with Gasteiger partial charge in [0.1, 0.15) is 0 Å². The third-order valence-corrected chi connectivity index (χ3v) is 6.23. The first-order valence-electron chi connectivity index (χ1n) is 9.78. The largest absolute Gasteiger partial charge is 0.399 e. The van der Waals surface area contributed by atoms with Crippen LogP contribution in [-0.4, -0.2) is 73.0 Å². The van der Waals surface area contributed by atoms with E-state index in [0.717, 1.165) is 44.6 Å². The maximum atomic E-state index is 12.6. The minimum atomic E-state index is 0.110. The summed E-state index contributed by atoms with van der Waals surface area (Å²) in [5.74, 6) is 2.21. The van der Waals surface area contributed by atoms with Gasteiger partial charge in [0, 0.05) is 50.5 Å². The number of hydrogen-bond donors (Lipinski definition) is 1. The van der Waals surface area contributed by atoms with E-state index in [9.17, 15) is 4.79 Å². The van der Waals surface area contributed by atoms with Crippen LogP contribution >= 0.6 is 0 Å². The number of anilines is 1. The summed E-state index contributed by atoms with van der Waals surface area (Å²) in [6, 6.07) is 7.30. The van der Waals surface area contributed by atoms with Crippen LogP contribution in [0.25, 0.3) is 0 Å². The molecule has 3 aliphatic rings. The maximum absolute atomic E-state index is 12.6. The molecule has 0 aromatic heterocycles. The van der Waals surface area contributed by atoms with Crippen molar-refractivity contribution < 1.29 is 4.79 Å². The number of nitrogens with zero attached hydrogens (tertiary/aromatic N) is 3. The van der Waals surface area contributed by atoms with Gasteiger partial charge in [0.05, 0.1) is 0 Å². The molecule has 2 heterocycles. The van der Waals surface area contributed by atoms with Crippen LogP contribution in [0.2, 0.25) is 0 Å². The minimum Gasteiger partial charge on any atom is -0.399 e. The number of nitrogens with two attached hydrogens (primary N) is 1. The fourth-order valence-corrected chi connectivity index (χ4v) is 4.36. The quantitative estimate of drug-likeness (QED) is 0.847. The summed E-state index contributed by atoms with van der Waals surface area (Å²) in [6.45, 7) is 8.48. The van der Waals surface area contributed by atoms with Crippen molar-refractivity contribution in [1.82, 2.24) is 14.7 Å². The van der Waals surface area contributed by atoms with Gasteiger partial charge in [-0.15, -0.1) is 0 Å². The molecule has 0 spiro atoms. The average molecular weight is 342 g/mol. The summed E-state index contributed by atoms with van der Waals surface area (Å²) in [6.07, 6.45) is 4.32. The van der Waals surface area contributed by atoms with Crippen molar-refractivity contribution in [3.63, 3.8) is 0 Å². The standard InChI is InChI=1S/C20H30N4O/c21-19-3-1-2-18(15-19)20(25)24-12-10-23(11-13-24)9-8-22-6-4-16-14-17(16)5-7-22/h1-3,15-17H,4-14,21H2. The summed E-state index contributed by atoms with van der Waals surface area (Å²) < 4.78 is 0. The third-order valence-electron chi connectivity index (χ3n) is 6.23. The van der Waals surface area contributed by atoms with Crippen LogP contribution < -0.4 is 5.73 Å². The van der Waals surface area contributed by atoms with Crippen molar-refractivity contribution in [3.8, 4) is 0 Å². The van der Waals surface area contributed by atoms with Gasteiger partial charge in [-0.2, -0.15) is 0 Å². The molecule has 2 unspecified atom stereocenters. The van der Waals surface area contributed by atoms with Crippen LogP contribution in [0.3, 0.4) is 0 Å². The molecular formula is C20H30N4O. The second kappa shape index (κ2) is 7.34. The fourth-order valence-electron chi connectivity index (χ4n) is 4.36. The van der Waals surface area contributed by atoms with Crippen LogP contribution in [0.1, 0.15) is 29.6 Å². The lowest BCUT2D eigenvalue weighted by Gasteiger charge is -2.36. The van der Waals surface area contributed by atoms with E-state index in [2.05, 4.69) is 9.80 Å². The molecule has 4 rings (SSSR count). The maximum Gasteiger partial charge on any atom is 0.254 e. The first-order chi connectivity index (χ1) is 12.2. The Balaban J connectivity index is 1.21. The topological polar surface area (TPSA) is 52.8 Å². The molecule has 5 heteroatoms. The molecule has 2 aliphatic heterocycles. The number of piperazine rings is 1. The number of fused-ring (bicyclic) bond motifs is 1. The number of amides is 1. The molecule has 1 aliphatic carbocycles. The van der Waals surface area contributed by atoms with E-state index in [1.807, 2.05) is 23.1 Å². The van der Waals surface area contributed by atoms with E-state index in [1.54, 1.807) is 6.07 Å². The number of nitrogen functional groups attached to an aromatic ring is 1. The van der Waals surface area contributed by atoms with Gasteiger partial charge in [-0.3, -0.25) is 9.69 Å². The molecule has 5 nitrogen and oxygen atoms in total. The van der Waals surface area contributed by atoms with Gasteiger partial charge >= 0.3 is 0 Å². The van der Waals surface area contributed by atoms with E-state index >= 15 is 0 Å². The molecule has 1 aromatic rings. The highest BCUT2D eigenvalue weighted by Gasteiger charge is 2.38. The molecule has 3 fully saturated rings. The smallest absolute Gasteiger partial charge is 0.254 e. The van der Waals surface area contributed by atoms with Crippen molar-refractivity contribution in [3.05, 3.63) is 29.8 Å². The summed E-state index contributed by atoms with van der Waals surface area (Å²) >= 11 is 0. The first-order valence-corrected chi connectivity index (χ1v) is 9.78. The van der Waals surface area contributed by atoms with Gasteiger partial charge in [-0.1, -0.05) is 6.07 Å². The van der Waals surface area contributed by atoms with Crippen molar-refractivity contribution in [1.29, 1.82) is 0 Å². The van der Waals surface area contributed by atoms with E-state index in [0.29, 0.717) is 11.3 Å². The molecule has 136 valence electrons. The lowest BCUT2D eigenvalue weighted by molar-refractivity contribution is 0.0623. The molecule has 2 N–H and O–H groups in total. The Morgan fingerprint density at radius 1 is 0.960 bits per heavy atom. The van der Waals surface area contributed by atoms with Crippen LogP contribution in [-0.2, 0) is 0 Å². The van der Waals surface area contributed by atoms with Crippen molar-refractivity contribution >= 4 is 11.6 Å². The van der Waals surface area contributed by atoms with E-state index < -0.39 is 0 Å². The third kappa shape index (κ3) is 4.15. The van der Waals surface area contributed by atoms with Gasteiger partial charge in [0.2, 0.25) is 0 Å². The van der Waals surface area contributed by atoms with Gasteiger partial charge in [0.15, 0.2) is 0 Å². The average Bonchev–Trinajstić information content (AvgIpc) is 3.40. The zero-order valence-electron chi connectivity index (χ0n) is 15.1. The van der Waals surface area contributed by atoms with E-state index in [4.69, 9.17) is 5.73 Å². The Morgan fingerprint density at radius 2 is 1.60 bits per heavy atom. The van der Waals surface area contributed by atoms with E-state index in [1.165, 1.54) is 38.9 Å². The Morgan fingerprint density at radius 3 is 2.24 bits per heavy atom. The predicted octanol–water partition coefficient (Wildman–Crippen LogP) is 1.76. The zero-order valence-corrected chi connectivity index (χ0v) is 15.1. The normalized spacial score (nSPS) is 27.6. The fraction of sp³-hybridized carbons (Fsp3) is 0.650. The Hall–Kier alpha value is -1.59. The zero-order chi connectivity index (χ0) is 17.2. The van der Waals surface area contributed by atoms with Crippen LogP contribution in [0.15, 0.2) is 24.3 Å². The molecule has 1 amide bonds. The monoisotopic (exact) mass is 342 g/mol. The van der Waals surface area contributed by atoms with Gasteiger partial charge in [0.25, 0.3) is 5.91 Å². The van der Waals surface area contributed by atoms with Crippen molar-refractivity contribution in [2.75, 3.05) is 58.1 Å². The predicted molar refractivity (Wildman–Crippen MR) is 100 cm³/mol. The lowest BCUT2D eigenvalue weighted by atomic mass is 10.1. The second-order valence-corrected chi connectivity index (χ2v) is 7.93. The highest BCUT2D eigenvalue weighted by molar-refractivity contribution is 5.95. The number of likely N-dealkylation sites (tertiary alicyclic amines) is 1.